The van der Waals surface area contributed by atoms with E-state index < -0.39 is 0 Å². The van der Waals surface area contributed by atoms with Crippen molar-refractivity contribution in [3.8, 4) is 0 Å². The maximum atomic E-state index is 11.0. The number of rotatable bonds is 3. The van der Waals surface area contributed by atoms with Gasteiger partial charge in [-0.1, -0.05) is 0 Å². The fraction of sp³-hybridized carbons (Fsp3) is 0.222. The number of nitrogens with zero attached hydrogens (tertiary/aromatic N) is 2. The van der Waals surface area contributed by atoms with Crippen molar-refractivity contribution < 1.29 is 4.79 Å². The molecule has 0 unspecified atom stereocenters. The first-order valence-corrected chi connectivity index (χ1v) is 4.26. The van der Waals surface area contributed by atoms with Gasteiger partial charge < -0.3 is 11.1 Å². The van der Waals surface area contributed by atoms with E-state index in [1.54, 1.807) is 18.5 Å². The molecule has 0 atom stereocenters. The van der Waals surface area contributed by atoms with Gasteiger partial charge in [0.15, 0.2) is 0 Å². The number of hydrogen-bond acceptors (Lipinski definition) is 4. The van der Waals surface area contributed by atoms with Crippen molar-refractivity contribution >= 4 is 17.9 Å². The van der Waals surface area contributed by atoms with Crippen LogP contribution in [0.25, 0.3) is 6.08 Å². The van der Waals surface area contributed by atoms with E-state index in [4.69, 9.17) is 5.73 Å². The second-order valence-corrected chi connectivity index (χ2v) is 2.60. The van der Waals surface area contributed by atoms with E-state index in [-0.39, 0.29) is 11.9 Å². The largest absolute Gasteiger partial charge is 0.368 e. The van der Waals surface area contributed by atoms with E-state index in [9.17, 15) is 4.79 Å². The van der Waals surface area contributed by atoms with Crippen molar-refractivity contribution in [3.05, 3.63) is 24.0 Å². The summed E-state index contributed by atoms with van der Waals surface area (Å²) in [6.45, 7) is 2.47. The Morgan fingerprint density at radius 2 is 2.21 bits per heavy atom. The third-order valence-electron chi connectivity index (χ3n) is 1.47. The molecule has 1 heterocycles. The summed E-state index contributed by atoms with van der Waals surface area (Å²) in [5.41, 5.74) is 6.05. The Kier molecular flexibility index (Phi) is 3.60. The van der Waals surface area contributed by atoms with Gasteiger partial charge in [-0.05, 0) is 13.0 Å². The average Bonchev–Trinajstić information content (AvgIpc) is 2.17. The highest BCUT2D eigenvalue weighted by Crippen LogP contribution is 1.98. The number of nitrogens with one attached hydrogen (secondary N) is 1. The van der Waals surface area contributed by atoms with Crippen molar-refractivity contribution in [1.29, 1.82) is 0 Å². The molecule has 1 rings (SSSR count). The molecule has 0 saturated heterocycles. The van der Waals surface area contributed by atoms with Crippen molar-refractivity contribution in [1.82, 2.24) is 15.3 Å². The minimum absolute atomic E-state index is 0.135. The molecule has 14 heavy (non-hydrogen) atoms. The SMILES string of the molecule is CCNC(=O)/C=C/c1cnc(N)nc1. The molecule has 1 amide bonds. The molecule has 5 heteroatoms. The van der Waals surface area contributed by atoms with E-state index in [0.717, 1.165) is 5.56 Å². The molecule has 1 aromatic rings. The molecule has 1 aromatic heterocycles. The predicted octanol–water partition coefficient (Wildman–Crippen LogP) is 0.208. The fourth-order valence-electron chi connectivity index (χ4n) is 0.839. The van der Waals surface area contributed by atoms with Crippen LogP contribution in [0.1, 0.15) is 12.5 Å². The molecule has 0 bridgehead atoms. The van der Waals surface area contributed by atoms with E-state index in [2.05, 4.69) is 15.3 Å². The minimum atomic E-state index is -0.135. The highest BCUT2D eigenvalue weighted by Gasteiger charge is 1.92. The van der Waals surface area contributed by atoms with E-state index in [0.29, 0.717) is 6.54 Å². The van der Waals surface area contributed by atoms with Crippen LogP contribution < -0.4 is 11.1 Å². The van der Waals surface area contributed by atoms with Gasteiger partial charge in [-0.3, -0.25) is 4.79 Å². The first kappa shape index (κ1) is 10.2. The predicted molar refractivity (Wildman–Crippen MR) is 54.2 cm³/mol. The van der Waals surface area contributed by atoms with Gasteiger partial charge in [0.2, 0.25) is 11.9 Å². The molecule has 0 aliphatic heterocycles. The molecule has 0 aromatic carbocycles. The summed E-state index contributed by atoms with van der Waals surface area (Å²) in [5.74, 6) is 0.0875. The van der Waals surface area contributed by atoms with Gasteiger partial charge in [-0.15, -0.1) is 0 Å². The van der Waals surface area contributed by atoms with Crippen molar-refractivity contribution in [2.24, 2.45) is 0 Å². The van der Waals surface area contributed by atoms with Gasteiger partial charge >= 0.3 is 0 Å². The topological polar surface area (TPSA) is 80.9 Å². The number of aromatic nitrogens is 2. The third kappa shape index (κ3) is 3.22. The third-order valence-corrected chi connectivity index (χ3v) is 1.47. The van der Waals surface area contributed by atoms with E-state index in [1.165, 1.54) is 6.08 Å². The molecule has 3 N–H and O–H groups in total. The Morgan fingerprint density at radius 3 is 2.79 bits per heavy atom. The lowest BCUT2D eigenvalue weighted by molar-refractivity contribution is -0.116. The molecule has 0 saturated carbocycles. The van der Waals surface area contributed by atoms with Gasteiger partial charge in [0.05, 0.1) is 0 Å². The summed E-state index contributed by atoms with van der Waals surface area (Å²) < 4.78 is 0. The van der Waals surface area contributed by atoms with Gasteiger partial charge in [0.25, 0.3) is 0 Å². The number of nitrogens with two attached hydrogens (primary N) is 1. The summed E-state index contributed by atoms with van der Waals surface area (Å²) in [4.78, 5) is 18.6. The summed E-state index contributed by atoms with van der Waals surface area (Å²) >= 11 is 0. The van der Waals surface area contributed by atoms with E-state index >= 15 is 0 Å². The highest BCUT2D eigenvalue weighted by atomic mass is 16.1. The summed E-state index contributed by atoms with van der Waals surface area (Å²) in [7, 11) is 0. The maximum absolute atomic E-state index is 11.0. The Balaban J connectivity index is 2.60. The van der Waals surface area contributed by atoms with Crippen LogP contribution in [0, 0.1) is 0 Å². The Labute approximate surface area is 82.1 Å². The monoisotopic (exact) mass is 192 g/mol. The highest BCUT2D eigenvalue weighted by molar-refractivity contribution is 5.91. The first-order chi connectivity index (χ1) is 6.72. The van der Waals surface area contributed by atoms with Crippen LogP contribution in [0.2, 0.25) is 0 Å². The fourth-order valence-corrected chi connectivity index (χ4v) is 0.839. The molecule has 74 valence electrons. The van der Waals surface area contributed by atoms with Gasteiger partial charge in [0.1, 0.15) is 0 Å². The number of nitrogen functional groups attached to an aromatic ring is 1. The van der Waals surface area contributed by atoms with Crippen molar-refractivity contribution in [2.75, 3.05) is 12.3 Å². The molecule has 0 fully saturated rings. The Bertz CT molecular complexity index is 331. The van der Waals surface area contributed by atoms with Gasteiger partial charge in [-0.2, -0.15) is 0 Å². The standard InChI is InChI=1S/C9H12N4O/c1-2-11-8(14)4-3-7-5-12-9(10)13-6-7/h3-6H,2H2,1H3,(H,11,14)(H2,10,12,13)/b4-3+. The summed E-state index contributed by atoms with van der Waals surface area (Å²) in [6, 6.07) is 0. The van der Waals surface area contributed by atoms with Gasteiger partial charge in [0, 0.05) is 30.6 Å². The quantitative estimate of drug-likeness (QED) is 0.671. The van der Waals surface area contributed by atoms with Crippen LogP contribution in [0.4, 0.5) is 5.95 Å². The molecule has 5 nitrogen and oxygen atoms in total. The summed E-state index contributed by atoms with van der Waals surface area (Å²) in [5, 5.41) is 2.64. The summed E-state index contributed by atoms with van der Waals surface area (Å²) in [6.07, 6.45) is 6.17. The maximum Gasteiger partial charge on any atom is 0.243 e. The minimum Gasteiger partial charge on any atom is -0.368 e. The second-order valence-electron chi connectivity index (χ2n) is 2.60. The Hall–Kier alpha value is -1.91. The average molecular weight is 192 g/mol. The second kappa shape index (κ2) is 4.96. The zero-order valence-corrected chi connectivity index (χ0v) is 7.90. The number of carbonyl (C=O) groups excluding carboxylic acids is 1. The molecule has 0 radical (unpaired) electrons. The molecule has 0 aliphatic rings. The smallest absolute Gasteiger partial charge is 0.243 e. The van der Waals surface area contributed by atoms with Crippen LogP contribution in [0.3, 0.4) is 0 Å². The zero-order chi connectivity index (χ0) is 10.4. The number of hydrogen-bond donors (Lipinski definition) is 2. The lowest BCUT2D eigenvalue weighted by Crippen LogP contribution is -2.19. The lowest BCUT2D eigenvalue weighted by atomic mass is 10.3. The Morgan fingerprint density at radius 1 is 1.57 bits per heavy atom. The molecular weight excluding hydrogens is 180 g/mol. The molecule has 0 spiro atoms. The van der Waals surface area contributed by atoms with E-state index in [1.807, 2.05) is 6.92 Å². The van der Waals surface area contributed by atoms with Crippen molar-refractivity contribution in [3.63, 3.8) is 0 Å². The van der Waals surface area contributed by atoms with Crippen LogP contribution in [0.15, 0.2) is 18.5 Å². The first-order valence-electron chi connectivity index (χ1n) is 4.26. The van der Waals surface area contributed by atoms with Crippen molar-refractivity contribution in [2.45, 2.75) is 6.92 Å². The number of anilines is 1. The number of carbonyl (C=O) groups is 1. The zero-order valence-electron chi connectivity index (χ0n) is 7.90. The normalized spacial score (nSPS) is 10.4. The van der Waals surface area contributed by atoms with Crippen LogP contribution >= 0.6 is 0 Å². The molecule has 0 aliphatic carbocycles. The lowest BCUT2D eigenvalue weighted by Gasteiger charge is -1.95. The number of likely N-dealkylation sites (N-methyl/N-ethyl adjacent to an activating group) is 1. The van der Waals surface area contributed by atoms with Crippen LogP contribution in [-0.2, 0) is 4.79 Å². The van der Waals surface area contributed by atoms with Crippen LogP contribution in [0.5, 0.6) is 0 Å². The van der Waals surface area contributed by atoms with Crippen LogP contribution in [-0.4, -0.2) is 22.4 Å². The van der Waals surface area contributed by atoms with Gasteiger partial charge in [-0.25, -0.2) is 9.97 Å². The number of amides is 1. The molecular formula is C9H12N4O.